The molecule has 0 aromatic heterocycles. The van der Waals surface area contributed by atoms with Crippen molar-refractivity contribution in [2.24, 2.45) is 0 Å². The van der Waals surface area contributed by atoms with Crippen molar-refractivity contribution in [3.05, 3.63) is 34.1 Å². The summed E-state index contributed by atoms with van der Waals surface area (Å²) in [6.07, 6.45) is 0. The van der Waals surface area contributed by atoms with Crippen LogP contribution in [0.15, 0.2) is 6.07 Å². The Morgan fingerprint density at radius 3 is 2.33 bits per heavy atom. The van der Waals surface area contributed by atoms with Gasteiger partial charge < -0.3 is 5.11 Å². The highest BCUT2D eigenvalue weighted by Gasteiger charge is 2.15. The Morgan fingerprint density at radius 1 is 1.25 bits per heavy atom. The third kappa shape index (κ3) is 1.40. The maximum atomic E-state index is 12.7. The Hall–Kier alpha value is -0.740. The van der Waals surface area contributed by atoms with Gasteiger partial charge in [0.05, 0.1) is 6.61 Å². The number of halogens is 4. The molecule has 0 heterocycles. The Balaban J connectivity index is 3.39. The quantitative estimate of drug-likeness (QED) is 0.540. The fraction of sp³-hybridized carbons (Fsp3) is 0.143. The second kappa shape index (κ2) is 3.33. The van der Waals surface area contributed by atoms with Crippen LogP contribution in [0.1, 0.15) is 5.56 Å². The van der Waals surface area contributed by atoms with Crippen LogP contribution in [0, 0.1) is 17.5 Å². The van der Waals surface area contributed by atoms with E-state index in [1.54, 1.807) is 0 Å². The Bertz CT molecular complexity index is 314. The number of benzene rings is 1. The van der Waals surface area contributed by atoms with Gasteiger partial charge in [-0.15, -0.1) is 0 Å². The van der Waals surface area contributed by atoms with Gasteiger partial charge in [-0.3, -0.25) is 0 Å². The molecule has 0 fully saturated rings. The van der Waals surface area contributed by atoms with Crippen LogP contribution in [0.25, 0.3) is 0 Å². The van der Waals surface area contributed by atoms with Crippen molar-refractivity contribution < 1.29 is 18.3 Å². The lowest BCUT2D eigenvalue weighted by atomic mass is 10.2. The SMILES string of the molecule is OCc1cc(F)c(F)c(Cl)c1F. The Morgan fingerprint density at radius 2 is 1.83 bits per heavy atom. The first-order valence-corrected chi connectivity index (χ1v) is 3.38. The molecule has 0 aliphatic rings. The molecule has 0 aliphatic carbocycles. The first kappa shape index (κ1) is 9.35. The monoisotopic (exact) mass is 196 g/mol. The van der Waals surface area contributed by atoms with Crippen molar-refractivity contribution >= 4 is 11.6 Å². The molecule has 5 heteroatoms. The summed E-state index contributed by atoms with van der Waals surface area (Å²) in [4.78, 5) is 0. The molecule has 1 rings (SSSR count). The van der Waals surface area contributed by atoms with Crippen LogP contribution in [0.3, 0.4) is 0 Å². The molecular weight excluding hydrogens is 193 g/mol. The molecule has 0 saturated carbocycles. The fourth-order valence-corrected chi connectivity index (χ4v) is 0.949. The van der Waals surface area contributed by atoms with E-state index in [4.69, 9.17) is 16.7 Å². The van der Waals surface area contributed by atoms with E-state index in [1.807, 2.05) is 0 Å². The molecule has 12 heavy (non-hydrogen) atoms. The van der Waals surface area contributed by atoms with Crippen molar-refractivity contribution in [2.45, 2.75) is 6.61 Å². The number of hydrogen-bond donors (Lipinski definition) is 1. The van der Waals surface area contributed by atoms with Gasteiger partial charge in [0.15, 0.2) is 17.5 Å². The van der Waals surface area contributed by atoms with Crippen LogP contribution in [-0.2, 0) is 6.61 Å². The summed E-state index contributed by atoms with van der Waals surface area (Å²) in [5, 5.41) is 7.54. The highest BCUT2D eigenvalue weighted by Crippen LogP contribution is 2.24. The van der Waals surface area contributed by atoms with Crippen molar-refractivity contribution in [2.75, 3.05) is 0 Å². The van der Waals surface area contributed by atoms with Gasteiger partial charge in [0, 0.05) is 5.56 Å². The largest absolute Gasteiger partial charge is 0.392 e. The lowest BCUT2D eigenvalue weighted by molar-refractivity contribution is 0.274. The first-order valence-electron chi connectivity index (χ1n) is 3.00. The highest BCUT2D eigenvalue weighted by atomic mass is 35.5. The molecule has 1 nitrogen and oxygen atoms in total. The van der Waals surface area contributed by atoms with Crippen molar-refractivity contribution in [3.63, 3.8) is 0 Å². The van der Waals surface area contributed by atoms with Gasteiger partial charge in [-0.05, 0) is 6.07 Å². The van der Waals surface area contributed by atoms with Crippen LogP contribution in [-0.4, -0.2) is 5.11 Å². The maximum absolute atomic E-state index is 12.7. The van der Waals surface area contributed by atoms with Gasteiger partial charge in [-0.1, -0.05) is 11.6 Å². The third-order valence-electron chi connectivity index (χ3n) is 1.35. The van der Waals surface area contributed by atoms with E-state index in [-0.39, 0.29) is 5.56 Å². The summed E-state index contributed by atoms with van der Waals surface area (Å²) in [6.45, 7) is -0.719. The molecule has 0 amide bonds. The number of hydrogen-bond acceptors (Lipinski definition) is 1. The summed E-state index contributed by atoms with van der Waals surface area (Å²) >= 11 is 5.07. The number of rotatable bonds is 1. The smallest absolute Gasteiger partial charge is 0.180 e. The second-order valence-electron chi connectivity index (χ2n) is 2.12. The minimum absolute atomic E-state index is 0.362. The number of aliphatic hydroxyl groups is 1. The van der Waals surface area contributed by atoms with Crippen LogP contribution in [0.2, 0.25) is 5.02 Å². The summed E-state index contributed by atoms with van der Waals surface area (Å²) in [7, 11) is 0. The van der Waals surface area contributed by atoms with Gasteiger partial charge >= 0.3 is 0 Å². The lowest BCUT2D eigenvalue weighted by Gasteiger charge is -2.02. The van der Waals surface area contributed by atoms with E-state index in [9.17, 15) is 13.2 Å². The topological polar surface area (TPSA) is 20.2 Å². The van der Waals surface area contributed by atoms with Crippen molar-refractivity contribution in [3.8, 4) is 0 Å². The number of aliphatic hydroxyl groups excluding tert-OH is 1. The van der Waals surface area contributed by atoms with E-state index < -0.39 is 29.1 Å². The summed E-state index contributed by atoms with van der Waals surface area (Å²) in [6, 6.07) is 0.566. The molecule has 0 spiro atoms. The fourth-order valence-electron chi connectivity index (χ4n) is 0.737. The van der Waals surface area contributed by atoms with Crippen LogP contribution in [0.4, 0.5) is 13.2 Å². The molecular formula is C7H4ClF3O. The molecule has 0 aliphatic heterocycles. The standard InChI is InChI=1S/C7H4ClF3O/c8-5-6(10)3(2-12)1-4(9)7(5)11/h1,12H,2H2. The average Bonchev–Trinajstić information content (AvgIpc) is 2.08. The van der Waals surface area contributed by atoms with Crippen LogP contribution >= 0.6 is 11.6 Å². The average molecular weight is 197 g/mol. The van der Waals surface area contributed by atoms with Gasteiger partial charge in [0.1, 0.15) is 5.02 Å². The normalized spacial score (nSPS) is 10.4. The van der Waals surface area contributed by atoms with E-state index in [2.05, 4.69) is 0 Å². The van der Waals surface area contributed by atoms with Gasteiger partial charge in [-0.2, -0.15) is 0 Å². The van der Waals surface area contributed by atoms with E-state index in [0.717, 1.165) is 0 Å². The molecule has 0 unspecified atom stereocenters. The summed E-state index contributed by atoms with van der Waals surface area (Å²) < 4.78 is 37.7. The molecule has 1 N–H and O–H groups in total. The lowest BCUT2D eigenvalue weighted by Crippen LogP contribution is -1.97. The first-order chi connectivity index (χ1) is 5.57. The van der Waals surface area contributed by atoms with Gasteiger partial charge in [-0.25, -0.2) is 13.2 Å². The molecule has 1 aromatic rings. The van der Waals surface area contributed by atoms with Crippen molar-refractivity contribution in [1.29, 1.82) is 0 Å². The Labute approximate surface area is 71.4 Å². The second-order valence-corrected chi connectivity index (χ2v) is 2.50. The molecule has 0 atom stereocenters. The molecule has 1 aromatic carbocycles. The zero-order valence-electron chi connectivity index (χ0n) is 5.74. The maximum Gasteiger partial charge on any atom is 0.180 e. The summed E-state index contributed by atoms with van der Waals surface area (Å²) in [5.74, 6) is -3.84. The molecule has 0 saturated heterocycles. The Kier molecular flexibility index (Phi) is 2.59. The third-order valence-corrected chi connectivity index (χ3v) is 1.68. The van der Waals surface area contributed by atoms with Crippen LogP contribution < -0.4 is 0 Å². The van der Waals surface area contributed by atoms with E-state index in [0.29, 0.717) is 6.07 Å². The molecule has 0 radical (unpaired) electrons. The van der Waals surface area contributed by atoms with Crippen molar-refractivity contribution in [1.82, 2.24) is 0 Å². The predicted molar refractivity (Wildman–Crippen MR) is 37.2 cm³/mol. The van der Waals surface area contributed by atoms with E-state index in [1.165, 1.54) is 0 Å². The van der Waals surface area contributed by atoms with E-state index >= 15 is 0 Å². The minimum atomic E-state index is -1.44. The molecule has 66 valence electrons. The minimum Gasteiger partial charge on any atom is -0.392 e. The summed E-state index contributed by atoms with van der Waals surface area (Å²) in [5.41, 5.74) is -0.362. The molecule has 0 bridgehead atoms. The highest BCUT2D eigenvalue weighted by molar-refractivity contribution is 6.30. The zero-order valence-corrected chi connectivity index (χ0v) is 6.50. The zero-order chi connectivity index (χ0) is 9.30. The van der Waals surface area contributed by atoms with Crippen LogP contribution in [0.5, 0.6) is 0 Å². The van der Waals surface area contributed by atoms with Gasteiger partial charge in [0.2, 0.25) is 0 Å². The predicted octanol–water partition coefficient (Wildman–Crippen LogP) is 2.25. The van der Waals surface area contributed by atoms with Gasteiger partial charge in [0.25, 0.3) is 0 Å².